The fourth-order valence-corrected chi connectivity index (χ4v) is 6.41. The number of H-pyrrole nitrogens is 1. The largest absolute Gasteiger partial charge is 0.416 e. The van der Waals surface area contributed by atoms with Crippen LogP contribution in [0.2, 0.25) is 0 Å². The number of aromatic amines is 1. The summed E-state index contributed by atoms with van der Waals surface area (Å²) in [5, 5.41) is 13.8. The van der Waals surface area contributed by atoms with Crippen LogP contribution in [-0.4, -0.2) is 32.7 Å². The van der Waals surface area contributed by atoms with Crippen LogP contribution in [0.3, 0.4) is 0 Å². The van der Waals surface area contributed by atoms with Gasteiger partial charge in [-0.1, -0.05) is 30.3 Å². The minimum atomic E-state index is -4.35. The van der Waals surface area contributed by atoms with Crippen molar-refractivity contribution in [1.29, 1.82) is 0 Å². The molecule has 0 radical (unpaired) electrons. The normalized spacial score (nSPS) is 24.8. The van der Waals surface area contributed by atoms with Crippen molar-refractivity contribution in [3.05, 3.63) is 65.2 Å². The summed E-state index contributed by atoms with van der Waals surface area (Å²) in [5.41, 5.74) is 7.80. The smallest absolute Gasteiger partial charge is 0.378 e. The van der Waals surface area contributed by atoms with Crippen molar-refractivity contribution in [3.8, 4) is 0 Å². The highest BCUT2D eigenvalue weighted by molar-refractivity contribution is 7.99. The molecule has 1 saturated heterocycles. The van der Waals surface area contributed by atoms with Crippen molar-refractivity contribution in [1.82, 2.24) is 15.2 Å². The van der Waals surface area contributed by atoms with E-state index in [1.54, 1.807) is 6.07 Å². The second kappa shape index (κ2) is 9.40. The van der Waals surface area contributed by atoms with Crippen LogP contribution < -0.4 is 16.4 Å². The lowest BCUT2D eigenvalue weighted by Gasteiger charge is -2.43. The summed E-state index contributed by atoms with van der Waals surface area (Å²) in [6.45, 7) is 0.706. The summed E-state index contributed by atoms with van der Waals surface area (Å²) in [6, 6.07) is 14.4. The fraction of sp³-hybridized carbons (Fsp3) is 0.417. The average molecular weight is 489 g/mol. The number of hydrogen-bond acceptors (Lipinski definition) is 6. The number of benzene rings is 2. The SMILES string of the molecule is Nc1nc(NC[C@H]2CC[C@@H]3[C@H](CCS2)c2cc(C(F)(F)F)ccc2N[C@H]3c2ccccc2)n[nH]1. The van der Waals surface area contributed by atoms with Crippen molar-refractivity contribution in [3.63, 3.8) is 0 Å². The van der Waals surface area contributed by atoms with E-state index in [9.17, 15) is 13.2 Å². The van der Waals surface area contributed by atoms with Crippen molar-refractivity contribution < 1.29 is 13.2 Å². The van der Waals surface area contributed by atoms with E-state index in [2.05, 4.69) is 37.9 Å². The first kappa shape index (κ1) is 22.9. The zero-order valence-corrected chi connectivity index (χ0v) is 19.3. The number of nitrogens with zero attached hydrogens (tertiary/aromatic N) is 2. The van der Waals surface area contributed by atoms with Crippen LogP contribution in [0.25, 0.3) is 0 Å². The van der Waals surface area contributed by atoms with Gasteiger partial charge in [-0.05, 0) is 66.2 Å². The van der Waals surface area contributed by atoms with Gasteiger partial charge in [-0.3, -0.25) is 0 Å². The van der Waals surface area contributed by atoms with E-state index in [0.29, 0.717) is 17.7 Å². The fourth-order valence-electron chi connectivity index (χ4n) is 5.19. The van der Waals surface area contributed by atoms with Crippen molar-refractivity contribution in [2.24, 2.45) is 5.92 Å². The molecule has 1 fully saturated rings. The molecule has 0 amide bonds. The Bertz CT molecular complexity index is 1120. The lowest BCUT2D eigenvalue weighted by Crippen LogP contribution is -2.34. The molecule has 5 rings (SSSR count). The molecule has 2 aliphatic heterocycles. The van der Waals surface area contributed by atoms with Crippen LogP contribution in [-0.2, 0) is 6.18 Å². The van der Waals surface area contributed by atoms with Crippen molar-refractivity contribution in [2.45, 2.75) is 42.6 Å². The Kier molecular flexibility index (Phi) is 6.33. The van der Waals surface area contributed by atoms with Crippen LogP contribution in [0.5, 0.6) is 0 Å². The molecule has 2 aromatic carbocycles. The van der Waals surface area contributed by atoms with Gasteiger partial charge >= 0.3 is 6.18 Å². The maximum Gasteiger partial charge on any atom is 0.416 e. The Morgan fingerprint density at radius 2 is 1.91 bits per heavy atom. The number of alkyl halides is 3. The van der Waals surface area contributed by atoms with Gasteiger partial charge in [0.15, 0.2) is 0 Å². The van der Waals surface area contributed by atoms with Gasteiger partial charge in [-0.25, -0.2) is 5.10 Å². The number of nitrogens with two attached hydrogens (primary N) is 1. The third-order valence-electron chi connectivity index (χ3n) is 6.79. The van der Waals surface area contributed by atoms with Crippen LogP contribution >= 0.6 is 11.8 Å². The molecule has 3 heterocycles. The zero-order valence-electron chi connectivity index (χ0n) is 18.5. The third kappa shape index (κ3) is 4.82. The first-order chi connectivity index (χ1) is 16.4. The number of halogens is 3. The number of hydrogen-bond donors (Lipinski definition) is 4. The Hall–Kier alpha value is -2.88. The molecule has 6 nitrogen and oxygen atoms in total. The van der Waals surface area contributed by atoms with Gasteiger partial charge in [0.25, 0.3) is 0 Å². The minimum Gasteiger partial charge on any atom is -0.378 e. The highest BCUT2D eigenvalue weighted by Crippen LogP contribution is 2.51. The van der Waals surface area contributed by atoms with Crippen molar-refractivity contribution in [2.75, 3.05) is 28.7 Å². The second-order valence-electron chi connectivity index (χ2n) is 8.89. The molecule has 3 aromatic rings. The molecule has 5 N–H and O–H groups in total. The predicted molar refractivity (Wildman–Crippen MR) is 130 cm³/mol. The molecule has 4 atom stereocenters. The van der Waals surface area contributed by atoms with Gasteiger partial charge in [0.05, 0.1) is 11.6 Å². The number of nitrogen functional groups attached to an aromatic ring is 1. The molecule has 0 bridgehead atoms. The third-order valence-corrected chi connectivity index (χ3v) is 8.13. The summed E-state index contributed by atoms with van der Waals surface area (Å²) >= 11 is 1.86. The van der Waals surface area contributed by atoms with Gasteiger partial charge in [-0.15, -0.1) is 5.10 Å². The summed E-state index contributed by atoms with van der Waals surface area (Å²) in [6.07, 6.45) is -1.67. The van der Waals surface area contributed by atoms with E-state index in [-0.39, 0.29) is 23.8 Å². The van der Waals surface area contributed by atoms with E-state index >= 15 is 0 Å². The average Bonchev–Trinajstić information content (AvgIpc) is 3.23. The topological polar surface area (TPSA) is 91.7 Å². The molecule has 1 aromatic heterocycles. The standard InChI is InChI=1S/C24H27F3N6S/c25-24(26,27)15-6-9-20-19(12-15)17-10-11-34-16(13-29-23-31-22(28)32-33-23)7-8-18(17)21(30-20)14-4-2-1-3-5-14/h1-6,9,12,16-18,21,30H,7-8,10-11,13H2,(H4,28,29,31,32,33)/t16-,17+,18-,21+/m1/s1. The van der Waals surface area contributed by atoms with E-state index in [1.165, 1.54) is 17.7 Å². The Labute approximate surface area is 200 Å². The first-order valence-corrected chi connectivity index (χ1v) is 12.5. The van der Waals surface area contributed by atoms with Gasteiger partial charge < -0.3 is 16.4 Å². The maximum absolute atomic E-state index is 13.5. The summed E-state index contributed by atoms with van der Waals surface area (Å²) in [7, 11) is 0. The quantitative estimate of drug-likeness (QED) is 0.378. The van der Waals surface area contributed by atoms with Gasteiger partial charge in [-0.2, -0.15) is 29.9 Å². The molecule has 0 unspecified atom stereocenters. The van der Waals surface area contributed by atoms with Crippen LogP contribution in [0.1, 0.15) is 47.9 Å². The van der Waals surface area contributed by atoms with Gasteiger partial charge in [0, 0.05) is 17.5 Å². The number of thioether (sulfide) groups is 1. The molecular formula is C24H27F3N6S. The van der Waals surface area contributed by atoms with E-state index in [0.717, 1.165) is 36.3 Å². The Balaban J connectivity index is 1.41. The lowest BCUT2D eigenvalue weighted by molar-refractivity contribution is -0.137. The molecule has 0 aliphatic carbocycles. The van der Waals surface area contributed by atoms with E-state index in [1.807, 2.05) is 30.0 Å². The molecule has 180 valence electrons. The molecule has 0 saturated carbocycles. The number of aromatic nitrogens is 3. The molecule has 34 heavy (non-hydrogen) atoms. The molecule has 0 spiro atoms. The van der Waals surface area contributed by atoms with E-state index in [4.69, 9.17) is 5.73 Å². The Morgan fingerprint density at radius 3 is 2.65 bits per heavy atom. The monoisotopic (exact) mass is 488 g/mol. The van der Waals surface area contributed by atoms with Crippen LogP contribution in [0, 0.1) is 5.92 Å². The molecule has 2 aliphatic rings. The number of nitrogens with one attached hydrogen (secondary N) is 3. The lowest BCUT2D eigenvalue weighted by atomic mass is 9.71. The van der Waals surface area contributed by atoms with Gasteiger partial charge in [0.2, 0.25) is 11.9 Å². The highest BCUT2D eigenvalue weighted by atomic mass is 32.2. The summed E-state index contributed by atoms with van der Waals surface area (Å²) in [5.74, 6) is 1.89. The zero-order chi connectivity index (χ0) is 23.7. The first-order valence-electron chi connectivity index (χ1n) is 11.4. The number of anilines is 3. The minimum absolute atomic E-state index is 0.0555. The van der Waals surface area contributed by atoms with Crippen LogP contribution in [0.4, 0.5) is 30.8 Å². The van der Waals surface area contributed by atoms with E-state index < -0.39 is 11.7 Å². The van der Waals surface area contributed by atoms with Crippen LogP contribution in [0.15, 0.2) is 48.5 Å². The highest BCUT2D eigenvalue weighted by Gasteiger charge is 2.40. The molecule has 10 heteroatoms. The number of rotatable bonds is 4. The maximum atomic E-state index is 13.5. The van der Waals surface area contributed by atoms with Gasteiger partial charge in [0.1, 0.15) is 0 Å². The predicted octanol–water partition coefficient (Wildman–Crippen LogP) is 5.67. The Morgan fingerprint density at radius 1 is 1.09 bits per heavy atom. The van der Waals surface area contributed by atoms with Crippen molar-refractivity contribution >= 4 is 29.3 Å². The second-order valence-corrected chi connectivity index (χ2v) is 10.3. The number of fused-ring (bicyclic) bond motifs is 3. The molecular weight excluding hydrogens is 461 g/mol. The summed E-state index contributed by atoms with van der Waals surface area (Å²) in [4.78, 5) is 4.10. The summed E-state index contributed by atoms with van der Waals surface area (Å²) < 4.78 is 40.5.